The van der Waals surface area contributed by atoms with E-state index in [0.29, 0.717) is 37.4 Å². The van der Waals surface area contributed by atoms with Gasteiger partial charge in [-0.05, 0) is 68.2 Å². The van der Waals surface area contributed by atoms with Gasteiger partial charge in [0.1, 0.15) is 0 Å². The standard InChI is InChI=1S/C21H47N2O3P/c1-12-20(22(16(3)4)17(5)6)14-25-27(11,24)26-15-21(13-2)23(18(7)8)19(9)10/h16-21H,12-15H2,1-11H3. The molecule has 2 atom stereocenters. The minimum absolute atomic E-state index is 0.242. The van der Waals surface area contributed by atoms with Crippen molar-refractivity contribution >= 4 is 7.60 Å². The molecule has 164 valence electrons. The second-order valence-electron chi connectivity index (χ2n) is 8.76. The van der Waals surface area contributed by atoms with Crippen LogP contribution in [0.3, 0.4) is 0 Å². The Kier molecular flexibility index (Phi) is 12.6. The van der Waals surface area contributed by atoms with Crippen molar-refractivity contribution < 1.29 is 13.6 Å². The third-order valence-electron chi connectivity index (χ3n) is 5.17. The number of hydrogen-bond donors (Lipinski definition) is 0. The molecule has 0 aromatic heterocycles. The van der Waals surface area contributed by atoms with Gasteiger partial charge in [0, 0.05) is 42.9 Å². The third kappa shape index (κ3) is 9.41. The predicted molar refractivity (Wildman–Crippen MR) is 118 cm³/mol. The summed E-state index contributed by atoms with van der Waals surface area (Å²) in [6.45, 7) is 24.4. The fourth-order valence-corrected chi connectivity index (χ4v) is 5.15. The van der Waals surface area contributed by atoms with E-state index in [2.05, 4.69) is 79.0 Å². The molecule has 0 spiro atoms. The van der Waals surface area contributed by atoms with Crippen LogP contribution < -0.4 is 0 Å². The Balaban J connectivity index is 4.89. The van der Waals surface area contributed by atoms with Gasteiger partial charge in [0.05, 0.1) is 13.2 Å². The van der Waals surface area contributed by atoms with Gasteiger partial charge in [0.25, 0.3) is 0 Å². The third-order valence-corrected chi connectivity index (χ3v) is 6.41. The largest absolute Gasteiger partial charge is 0.327 e. The Morgan fingerprint density at radius 2 is 0.926 bits per heavy atom. The normalized spacial score (nSPS) is 17.5. The van der Waals surface area contributed by atoms with Gasteiger partial charge in [-0.2, -0.15) is 0 Å². The summed E-state index contributed by atoms with van der Waals surface area (Å²) in [4.78, 5) is 4.85. The Bertz CT molecular complexity index is 389. The van der Waals surface area contributed by atoms with Crippen LogP contribution in [-0.2, 0) is 13.6 Å². The summed E-state index contributed by atoms with van der Waals surface area (Å²) < 4.78 is 24.6. The Hall–Kier alpha value is 0.0700. The van der Waals surface area contributed by atoms with Crippen molar-refractivity contribution in [2.45, 2.75) is 118 Å². The van der Waals surface area contributed by atoms with E-state index in [4.69, 9.17) is 9.05 Å². The molecule has 0 rings (SSSR count). The van der Waals surface area contributed by atoms with Gasteiger partial charge < -0.3 is 9.05 Å². The molecule has 0 fully saturated rings. The molecule has 0 amide bonds. The molecule has 0 radical (unpaired) electrons. The SMILES string of the molecule is CCC(COP(C)(=O)OCC(CC)N(C(C)C)C(C)C)N(C(C)C)C(C)C. The predicted octanol–water partition coefficient (Wildman–Crippen LogP) is 5.64. The lowest BCUT2D eigenvalue weighted by Gasteiger charge is -2.39. The Morgan fingerprint density at radius 3 is 1.11 bits per heavy atom. The smallest absolute Gasteiger partial charge is 0.307 e. The van der Waals surface area contributed by atoms with Crippen LogP contribution in [0.25, 0.3) is 0 Å². The lowest BCUT2D eigenvalue weighted by Crippen LogP contribution is -2.47. The molecule has 27 heavy (non-hydrogen) atoms. The van der Waals surface area contributed by atoms with Crippen LogP contribution in [0, 0.1) is 0 Å². The molecule has 0 saturated heterocycles. The quantitative estimate of drug-likeness (QED) is 0.349. The van der Waals surface area contributed by atoms with Crippen LogP contribution in [0.15, 0.2) is 0 Å². The highest BCUT2D eigenvalue weighted by Gasteiger charge is 2.29. The average Bonchev–Trinajstić information content (AvgIpc) is 2.53. The minimum atomic E-state index is -3.08. The van der Waals surface area contributed by atoms with Gasteiger partial charge in [-0.25, -0.2) is 0 Å². The highest BCUT2D eigenvalue weighted by atomic mass is 31.2. The molecule has 0 aliphatic rings. The van der Waals surface area contributed by atoms with Gasteiger partial charge in [-0.1, -0.05) is 13.8 Å². The van der Waals surface area contributed by atoms with E-state index < -0.39 is 7.60 Å². The first kappa shape index (κ1) is 27.1. The molecule has 0 aliphatic carbocycles. The maximum absolute atomic E-state index is 12.9. The van der Waals surface area contributed by atoms with E-state index in [-0.39, 0.29) is 12.1 Å². The van der Waals surface area contributed by atoms with Crippen molar-refractivity contribution in [2.24, 2.45) is 0 Å². The molecule has 0 bridgehead atoms. The summed E-state index contributed by atoms with van der Waals surface area (Å²) in [6, 6.07) is 2.17. The van der Waals surface area contributed by atoms with E-state index in [1.165, 1.54) is 0 Å². The lowest BCUT2D eigenvalue weighted by molar-refractivity contribution is 0.0501. The lowest BCUT2D eigenvalue weighted by atomic mass is 10.1. The second kappa shape index (κ2) is 12.6. The number of nitrogens with zero attached hydrogens (tertiary/aromatic N) is 2. The molecular formula is C21H47N2O3P. The first-order valence-electron chi connectivity index (χ1n) is 10.8. The summed E-state index contributed by atoms with van der Waals surface area (Å²) in [6.07, 6.45) is 1.92. The van der Waals surface area contributed by atoms with Crippen LogP contribution >= 0.6 is 7.60 Å². The van der Waals surface area contributed by atoms with Crippen LogP contribution in [0.5, 0.6) is 0 Å². The van der Waals surface area contributed by atoms with Crippen LogP contribution in [0.1, 0.15) is 82.1 Å². The molecule has 2 unspecified atom stereocenters. The molecule has 0 aromatic rings. The van der Waals surface area contributed by atoms with Crippen molar-refractivity contribution in [1.29, 1.82) is 0 Å². The summed E-state index contributed by atoms with van der Waals surface area (Å²) >= 11 is 0. The molecular weight excluding hydrogens is 359 g/mol. The minimum Gasteiger partial charge on any atom is -0.307 e. The monoisotopic (exact) mass is 406 g/mol. The summed E-state index contributed by atoms with van der Waals surface area (Å²) in [5, 5.41) is 0. The number of rotatable bonds is 14. The van der Waals surface area contributed by atoms with Gasteiger partial charge >= 0.3 is 7.60 Å². The van der Waals surface area contributed by atoms with Crippen molar-refractivity contribution in [2.75, 3.05) is 19.9 Å². The first-order valence-corrected chi connectivity index (χ1v) is 12.8. The molecule has 6 heteroatoms. The topological polar surface area (TPSA) is 42.0 Å². The molecule has 0 saturated carbocycles. The van der Waals surface area contributed by atoms with Gasteiger partial charge in [0.15, 0.2) is 0 Å². The fraction of sp³-hybridized carbons (Fsp3) is 1.00. The molecule has 0 heterocycles. The van der Waals surface area contributed by atoms with Crippen molar-refractivity contribution in [3.05, 3.63) is 0 Å². The van der Waals surface area contributed by atoms with E-state index in [9.17, 15) is 4.57 Å². The second-order valence-corrected chi connectivity index (χ2v) is 10.8. The molecule has 0 aliphatic heterocycles. The van der Waals surface area contributed by atoms with Crippen molar-refractivity contribution in [3.63, 3.8) is 0 Å². The molecule has 0 N–H and O–H groups in total. The molecule has 5 nitrogen and oxygen atoms in total. The zero-order valence-electron chi connectivity index (χ0n) is 19.9. The van der Waals surface area contributed by atoms with Crippen LogP contribution in [0.4, 0.5) is 0 Å². The summed E-state index contributed by atoms with van der Waals surface area (Å²) in [7, 11) is -3.08. The van der Waals surface area contributed by atoms with E-state index in [1.807, 2.05) is 0 Å². The van der Waals surface area contributed by atoms with Crippen LogP contribution in [-0.4, -0.2) is 65.9 Å². The average molecular weight is 407 g/mol. The molecule has 0 aromatic carbocycles. The van der Waals surface area contributed by atoms with Crippen molar-refractivity contribution in [3.8, 4) is 0 Å². The Labute approximate surface area is 169 Å². The van der Waals surface area contributed by atoms with Gasteiger partial charge in [-0.3, -0.25) is 14.4 Å². The van der Waals surface area contributed by atoms with E-state index >= 15 is 0 Å². The van der Waals surface area contributed by atoms with Crippen molar-refractivity contribution in [1.82, 2.24) is 9.80 Å². The first-order chi connectivity index (χ1) is 12.4. The maximum Gasteiger partial charge on any atom is 0.327 e. The summed E-state index contributed by atoms with van der Waals surface area (Å²) in [5.41, 5.74) is 0. The van der Waals surface area contributed by atoms with E-state index in [1.54, 1.807) is 6.66 Å². The zero-order chi connectivity index (χ0) is 21.4. The van der Waals surface area contributed by atoms with Crippen LogP contribution in [0.2, 0.25) is 0 Å². The maximum atomic E-state index is 12.9. The zero-order valence-corrected chi connectivity index (χ0v) is 20.8. The van der Waals surface area contributed by atoms with Gasteiger partial charge in [0.2, 0.25) is 0 Å². The highest BCUT2D eigenvalue weighted by Crippen LogP contribution is 2.44. The Morgan fingerprint density at radius 1 is 0.667 bits per heavy atom. The highest BCUT2D eigenvalue weighted by molar-refractivity contribution is 7.52. The number of hydrogen-bond acceptors (Lipinski definition) is 5. The van der Waals surface area contributed by atoms with E-state index in [0.717, 1.165) is 12.8 Å². The fourth-order valence-electron chi connectivity index (χ4n) is 4.19. The summed E-state index contributed by atoms with van der Waals surface area (Å²) in [5.74, 6) is 0. The van der Waals surface area contributed by atoms with Gasteiger partial charge in [-0.15, -0.1) is 0 Å².